The summed E-state index contributed by atoms with van der Waals surface area (Å²) in [7, 11) is 0. The lowest BCUT2D eigenvalue weighted by Crippen LogP contribution is -2.56. The predicted molar refractivity (Wildman–Crippen MR) is 118 cm³/mol. The van der Waals surface area contributed by atoms with E-state index in [-0.39, 0.29) is 18.7 Å². The first-order chi connectivity index (χ1) is 15.6. The fourth-order valence-electron chi connectivity index (χ4n) is 3.69. The summed E-state index contributed by atoms with van der Waals surface area (Å²) in [6, 6.07) is 5.38. The Labute approximate surface area is 191 Å². The fourth-order valence-corrected chi connectivity index (χ4v) is 3.69. The van der Waals surface area contributed by atoms with E-state index in [9.17, 15) is 29.1 Å². The highest BCUT2D eigenvalue weighted by Crippen LogP contribution is 2.19. The Balaban J connectivity index is 1.94. The van der Waals surface area contributed by atoms with Gasteiger partial charge in [-0.3, -0.25) is 19.2 Å². The molecule has 1 aliphatic heterocycles. The Kier molecular flexibility index (Phi) is 9.34. The van der Waals surface area contributed by atoms with Gasteiger partial charge in [-0.05, 0) is 38.2 Å². The maximum absolute atomic E-state index is 12.9. The molecular formula is C22H31N5O6. The molecule has 33 heavy (non-hydrogen) atoms. The van der Waals surface area contributed by atoms with Crippen LogP contribution in [-0.4, -0.2) is 70.3 Å². The lowest BCUT2D eigenvalue weighted by atomic mass is 10.0. The van der Waals surface area contributed by atoms with Crippen LogP contribution in [0.1, 0.15) is 38.2 Å². The smallest absolute Gasteiger partial charge is 0.326 e. The molecule has 1 saturated heterocycles. The Morgan fingerprint density at radius 3 is 2.42 bits per heavy atom. The molecule has 0 aliphatic carbocycles. The molecule has 4 amide bonds. The van der Waals surface area contributed by atoms with Crippen molar-refractivity contribution in [3.8, 4) is 0 Å². The molecule has 7 N–H and O–H groups in total. The van der Waals surface area contributed by atoms with E-state index in [1.54, 1.807) is 0 Å². The van der Waals surface area contributed by atoms with Gasteiger partial charge in [-0.1, -0.05) is 30.3 Å². The Morgan fingerprint density at radius 2 is 1.82 bits per heavy atom. The largest absolute Gasteiger partial charge is 0.480 e. The second-order valence-corrected chi connectivity index (χ2v) is 8.12. The predicted octanol–water partition coefficient (Wildman–Crippen LogP) is -1.11. The highest BCUT2D eigenvalue weighted by Gasteiger charge is 2.37. The van der Waals surface area contributed by atoms with Crippen molar-refractivity contribution in [1.29, 1.82) is 0 Å². The molecule has 0 radical (unpaired) electrons. The number of nitrogens with one attached hydrogen (secondary N) is 2. The molecule has 4 unspecified atom stereocenters. The summed E-state index contributed by atoms with van der Waals surface area (Å²) in [6.45, 7) is 1.79. The Hall–Kier alpha value is -3.47. The van der Waals surface area contributed by atoms with E-state index in [1.165, 1.54) is 11.8 Å². The van der Waals surface area contributed by atoms with Crippen LogP contribution >= 0.6 is 0 Å². The topological polar surface area (TPSA) is 185 Å². The van der Waals surface area contributed by atoms with E-state index in [4.69, 9.17) is 11.5 Å². The molecule has 1 heterocycles. The number of likely N-dealkylation sites (tertiary alicyclic amines) is 1. The van der Waals surface area contributed by atoms with Gasteiger partial charge in [0.1, 0.15) is 18.1 Å². The van der Waals surface area contributed by atoms with Gasteiger partial charge in [0.25, 0.3) is 0 Å². The minimum absolute atomic E-state index is 0.165. The van der Waals surface area contributed by atoms with Gasteiger partial charge >= 0.3 is 5.97 Å². The number of carboxylic acids is 1. The van der Waals surface area contributed by atoms with Crippen molar-refractivity contribution in [2.45, 2.75) is 63.2 Å². The van der Waals surface area contributed by atoms with E-state index in [0.29, 0.717) is 25.8 Å². The van der Waals surface area contributed by atoms with Crippen LogP contribution in [0.15, 0.2) is 30.3 Å². The van der Waals surface area contributed by atoms with Crippen LogP contribution in [0, 0.1) is 0 Å². The van der Waals surface area contributed by atoms with Gasteiger partial charge in [-0.2, -0.15) is 0 Å². The quantitative estimate of drug-likeness (QED) is 0.276. The molecule has 180 valence electrons. The number of hydrogen-bond acceptors (Lipinski definition) is 6. The minimum atomic E-state index is -1.32. The molecule has 0 spiro atoms. The molecule has 1 fully saturated rings. The number of rotatable bonds is 11. The van der Waals surface area contributed by atoms with Crippen molar-refractivity contribution in [2.24, 2.45) is 11.5 Å². The van der Waals surface area contributed by atoms with Crippen LogP contribution in [0.25, 0.3) is 0 Å². The zero-order chi connectivity index (χ0) is 24.5. The average Bonchev–Trinajstić information content (AvgIpc) is 3.26. The third-order valence-electron chi connectivity index (χ3n) is 5.50. The minimum Gasteiger partial charge on any atom is -0.480 e. The first-order valence-electron chi connectivity index (χ1n) is 10.8. The van der Waals surface area contributed by atoms with E-state index in [0.717, 1.165) is 5.56 Å². The molecule has 1 aliphatic rings. The number of benzene rings is 1. The molecule has 0 bridgehead atoms. The number of nitrogens with two attached hydrogens (primary N) is 2. The molecule has 0 aromatic heterocycles. The van der Waals surface area contributed by atoms with Gasteiger partial charge in [-0.25, -0.2) is 4.79 Å². The fraction of sp³-hybridized carbons (Fsp3) is 0.500. The number of carbonyl (C=O) groups excluding carboxylic acids is 4. The number of carbonyl (C=O) groups is 5. The highest BCUT2D eigenvalue weighted by molar-refractivity contribution is 5.94. The zero-order valence-electron chi connectivity index (χ0n) is 18.5. The summed E-state index contributed by atoms with van der Waals surface area (Å²) in [5, 5.41) is 14.0. The van der Waals surface area contributed by atoms with Crippen LogP contribution in [0.2, 0.25) is 0 Å². The third kappa shape index (κ3) is 7.56. The van der Waals surface area contributed by atoms with Crippen LogP contribution in [-0.2, 0) is 30.4 Å². The SMILES string of the molecule is CC(NC(=O)C1CCCN1C(=O)C(N)Cc1ccccc1)C(=O)NC(CCC(N)=O)C(=O)O. The molecule has 1 aromatic rings. The van der Waals surface area contributed by atoms with Crippen molar-refractivity contribution >= 4 is 29.6 Å². The van der Waals surface area contributed by atoms with Crippen LogP contribution < -0.4 is 22.1 Å². The second-order valence-electron chi connectivity index (χ2n) is 8.12. The molecule has 0 saturated carbocycles. The summed E-state index contributed by atoms with van der Waals surface area (Å²) in [5.74, 6) is -3.58. The van der Waals surface area contributed by atoms with Crippen LogP contribution in [0.5, 0.6) is 0 Å². The summed E-state index contributed by atoms with van der Waals surface area (Å²) in [6.07, 6.45) is 1.02. The summed E-state index contributed by atoms with van der Waals surface area (Å²) >= 11 is 0. The zero-order valence-corrected chi connectivity index (χ0v) is 18.5. The molecule has 4 atom stereocenters. The second kappa shape index (κ2) is 12.0. The van der Waals surface area contributed by atoms with Crippen molar-refractivity contribution in [3.05, 3.63) is 35.9 Å². The normalized spacial score (nSPS) is 18.1. The molecule has 1 aromatic carbocycles. The van der Waals surface area contributed by atoms with Gasteiger partial charge in [0, 0.05) is 13.0 Å². The van der Waals surface area contributed by atoms with Gasteiger partial charge in [0.15, 0.2) is 0 Å². The van der Waals surface area contributed by atoms with Crippen molar-refractivity contribution in [3.63, 3.8) is 0 Å². The van der Waals surface area contributed by atoms with Gasteiger partial charge in [0.2, 0.25) is 23.6 Å². The summed E-state index contributed by atoms with van der Waals surface area (Å²) in [4.78, 5) is 61.7. The van der Waals surface area contributed by atoms with Crippen molar-refractivity contribution in [1.82, 2.24) is 15.5 Å². The lowest BCUT2D eigenvalue weighted by molar-refractivity contribution is -0.143. The molecule has 11 heteroatoms. The lowest BCUT2D eigenvalue weighted by Gasteiger charge is -2.28. The average molecular weight is 462 g/mol. The maximum atomic E-state index is 12.9. The van der Waals surface area contributed by atoms with Crippen LogP contribution in [0.4, 0.5) is 0 Å². The maximum Gasteiger partial charge on any atom is 0.326 e. The van der Waals surface area contributed by atoms with E-state index in [2.05, 4.69) is 10.6 Å². The van der Waals surface area contributed by atoms with Gasteiger partial charge in [-0.15, -0.1) is 0 Å². The summed E-state index contributed by atoms with van der Waals surface area (Å²) in [5.41, 5.74) is 12.0. The van der Waals surface area contributed by atoms with Crippen LogP contribution in [0.3, 0.4) is 0 Å². The van der Waals surface area contributed by atoms with E-state index in [1.807, 2.05) is 30.3 Å². The first-order valence-corrected chi connectivity index (χ1v) is 10.8. The third-order valence-corrected chi connectivity index (χ3v) is 5.50. The number of nitrogens with zero attached hydrogens (tertiary/aromatic N) is 1. The number of carboxylic acid groups (broad SMARTS) is 1. The summed E-state index contributed by atoms with van der Waals surface area (Å²) < 4.78 is 0. The van der Waals surface area contributed by atoms with Crippen molar-refractivity contribution < 1.29 is 29.1 Å². The van der Waals surface area contributed by atoms with E-state index < -0.39 is 47.9 Å². The van der Waals surface area contributed by atoms with Gasteiger partial charge in [0.05, 0.1) is 6.04 Å². The molecular weight excluding hydrogens is 430 g/mol. The number of aliphatic carboxylic acids is 1. The Morgan fingerprint density at radius 1 is 1.15 bits per heavy atom. The number of amides is 4. The van der Waals surface area contributed by atoms with E-state index >= 15 is 0 Å². The molecule has 2 rings (SSSR count). The standard InChI is InChI=1S/C22H31N5O6/c1-13(19(29)26-16(22(32)33)9-10-18(24)28)25-20(30)17-8-5-11-27(17)21(31)15(23)12-14-6-3-2-4-7-14/h2-4,6-7,13,15-17H,5,8-12,23H2,1H3,(H2,24,28)(H,25,30)(H,26,29)(H,32,33). The number of primary amides is 1. The number of hydrogen-bond donors (Lipinski definition) is 5. The first kappa shape index (κ1) is 25.8. The molecule has 11 nitrogen and oxygen atoms in total. The highest BCUT2D eigenvalue weighted by atomic mass is 16.4. The monoisotopic (exact) mass is 461 g/mol. The van der Waals surface area contributed by atoms with Gasteiger partial charge < -0.3 is 32.1 Å². The Bertz CT molecular complexity index is 877. The van der Waals surface area contributed by atoms with Crippen molar-refractivity contribution in [2.75, 3.05) is 6.54 Å².